The van der Waals surface area contributed by atoms with Crippen molar-refractivity contribution in [1.82, 2.24) is 10.2 Å². The average Bonchev–Trinajstić information content (AvgIpc) is 2.99. The van der Waals surface area contributed by atoms with E-state index in [4.69, 9.17) is 10.1 Å². The highest BCUT2D eigenvalue weighted by Gasteiger charge is 2.43. The van der Waals surface area contributed by atoms with E-state index in [-0.39, 0.29) is 4.90 Å². The third-order valence-corrected chi connectivity index (χ3v) is 6.33. The van der Waals surface area contributed by atoms with E-state index in [2.05, 4.69) is 17.1 Å². The van der Waals surface area contributed by atoms with E-state index < -0.39 is 10.0 Å². The lowest BCUT2D eigenvalue weighted by Gasteiger charge is -2.38. The van der Waals surface area contributed by atoms with Crippen molar-refractivity contribution in [2.45, 2.75) is 43.9 Å². The summed E-state index contributed by atoms with van der Waals surface area (Å²) < 4.78 is 22.6. The topological polar surface area (TPSA) is 87.8 Å². The summed E-state index contributed by atoms with van der Waals surface area (Å²) in [6, 6.07) is 6.73. The number of nitrogens with zero attached hydrogens (tertiary/aromatic N) is 2. The van der Waals surface area contributed by atoms with Gasteiger partial charge in [-0.25, -0.2) is 13.6 Å². The summed E-state index contributed by atoms with van der Waals surface area (Å²) in [4.78, 5) is 7.32. The second-order valence-electron chi connectivity index (χ2n) is 7.20. The molecule has 0 atom stereocenters. The molecular formula is C18H28N4O2S. The van der Waals surface area contributed by atoms with Crippen molar-refractivity contribution in [1.29, 1.82) is 0 Å². The number of hydrogen-bond acceptors (Lipinski definition) is 3. The first-order chi connectivity index (χ1) is 11.9. The zero-order valence-corrected chi connectivity index (χ0v) is 15.7. The highest BCUT2D eigenvalue weighted by atomic mass is 32.2. The van der Waals surface area contributed by atoms with Gasteiger partial charge in [-0.2, -0.15) is 0 Å². The molecule has 0 bridgehead atoms. The largest absolute Gasteiger partial charge is 0.357 e. The third-order valence-electron chi connectivity index (χ3n) is 5.40. The number of rotatable bonds is 5. The maximum Gasteiger partial charge on any atom is 0.238 e. The summed E-state index contributed by atoms with van der Waals surface area (Å²) >= 11 is 0. The van der Waals surface area contributed by atoms with Gasteiger partial charge in [-0.3, -0.25) is 4.99 Å². The van der Waals surface area contributed by atoms with Gasteiger partial charge in [0.1, 0.15) is 0 Å². The van der Waals surface area contributed by atoms with E-state index in [1.165, 1.54) is 25.7 Å². The molecule has 6 nitrogen and oxygen atoms in total. The van der Waals surface area contributed by atoms with Gasteiger partial charge < -0.3 is 10.2 Å². The summed E-state index contributed by atoms with van der Waals surface area (Å²) in [6.45, 7) is 5.86. The fourth-order valence-electron chi connectivity index (χ4n) is 3.76. The number of nitrogens with two attached hydrogens (primary N) is 1. The molecule has 1 aliphatic heterocycles. The molecule has 2 aliphatic rings. The SMILES string of the molecule is CCNC(=NCCc1ccc(S(N)(=O)=O)cc1)N1CCC2(CCC2)C1. The average molecular weight is 365 g/mol. The summed E-state index contributed by atoms with van der Waals surface area (Å²) in [5.41, 5.74) is 1.61. The summed E-state index contributed by atoms with van der Waals surface area (Å²) in [5.74, 6) is 1.01. The smallest absolute Gasteiger partial charge is 0.238 e. The van der Waals surface area contributed by atoms with Gasteiger partial charge in [0, 0.05) is 26.2 Å². The number of likely N-dealkylation sites (tertiary alicyclic amines) is 1. The minimum absolute atomic E-state index is 0.149. The van der Waals surface area contributed by atoms with Crippen molar-refractivity contribution in [3.63, 3.8) is 0 Å². The predicted octanol–water partition coefficient (Wildman–Crippen LogP) is 1.72. The normalized spacial score (nSPS) is 19.9. The standard InChI is InChI=1S/C18H28N4O2S/c1-2-20-17(22-13-11-18(14-22)9-3-10-18)21-12-8-15-4-6-16(7-5-15)25(19,23)24/h4-7H,2-3,8-14H2,1H3,(H,20,21)(H2,19,23,24). The van der Waals surface area contributed by atoms with Crippen molar-refractivity contribution < 1.29 is 8.42 Å². The molecule has 2 fully saturated rings. The summed E-state index contributed by atoms with van der Waals surface area (Å²) in [5, 5.41) is 8.53. The number of benzene rings is 1. The van der Waals surface area contributed by atoms with E-state index >= 15 is 0 Å². The molecule has 1 aliphatic carbocycles. The number of guanidine groups is 1. The molecule has 3 N–H and O–H groups in total. The first-order valence-electron chi connectivity index (χ1n) is 9.07. The Balaban J connectivity index is 1.58. The molecule has 1 aromatic rings. The Morgan fingerprint density at radius 3 is 2.52 bits per heavy atom. The van der Waals surface area contributed by atoms with Gasteiger partial charge >= 0.3 is 0 Å². The molecule has 25 heavy (non-hydrogen) atoms. The van der Waals surface area contributed by atoms with Crippen molar-refractivity contribution in [3.8, 4) is 0 Å². The Bertz CT molecular complexity index is 724. The lowest BCUT2D eigenvalue weighted by molar-refractivity contribution is 0.151. The van der Waals surface area contributed by atoms with E-state index in [9.17, 15) is 8.42 Å². The number of primary sulfonamides is 1. The second kappa shape index (κ2) is 7.33. The Morgan fingerprint density at radius 1 is 1.28 bits per heavy atom. The molecule has 0 radical (unpaired) electrons. The highest BCUT2D eigenvalue weighted by Crippen LogP contribution is 2.47. The van der Waals surface area contributed by atoms with Crippen LogP contribution in [0.4, 0.5) is 0 Å². The molecule has 3 rings (SSSR count). The molecule has 0 amide bonds. The monoisotopic (exact) mass is 364 g/mol. The lowest BCUT2D eigenvalue weighted by atomic mass is 9.68. The maximum absolute atomic E-state index is 11.3. The van der Waals surface area contributed by atoms with Crippen molar-refractivity contribution in [2.24, 2.45) is 15.5 Å². The molecule has 1 spiro atoms. The van der Waals surface area contributed by atoms with E-state index in [0.717, 1.165) is 37.6 Å². The molecule has 0 aromatic heterocycles. The van der Waals surface area contributed by atoms with Gasteiger partial charge in [0.05, 0.1) is 4.90 Å². The van der Waals surface area contributed by atoms with Gasteiger partial charge in [0.15, 0.2) is 5.96 Å². The maximum atomic E-state index is 11.3. The molecule has 0 unspecified atom stereocenters. The van der Waals surface area contributed by atoms with Crippen LogP contribution in [0.25, 0.3) is 0 Å². The van der Waals surface area contributed by atoms with Crippen LogP contribution >= 0.6 is 0 Å². The van der Waals surface area contributed by atoms with Crippen LogP contribution in [0.5, 0.6) is 0 Å². The van der Waals surface area contributed by atoms with Gasteiger partial charge in [-0.15, -0.1) is 0 Å². The molecule has 1 saturated carbocycles. The van der Waals surface area contributed by atoms with Crippen LogP contribution in [0, 0.1) is 5.41 Å². The van der Waals surface area contributed by atoms with E-state index in [1.807, 2.05) is 0 Å². The number of nitrogens with one attached hydrogen (secondary N) is 1. The highest BCUT2D eigenvalue weighted by molar-refractivity contribution is 7.89. The van der Waals surface area contributed by atoms with Crippen LogP contribution in [0.15, 0.2) is 34.2 Å². The quantitative estimate of drug-likeness (QED) is 0.615. The summed E-state index contributed by atoms with van der Waals surface area (Å²) in [6.07, 6.45) is 6.15. The van der Waals surface area contributed by atoms with Gasteiger partial charge in [0.2, 0.25) is 10.0 Å². The summed E-state index contributed by atoms with van der Waals surface area (Å²) in [7, 11) is -3.62. The van der Waals surface area contributed by atoms with E-state index in [1.54, 1.807) is 24.3 Å². The van der Waals surface area contributed by atoms with Gasteiger partial charge in [-0.1, -0.05) is 18.6 Å². The molecule has 1 saturated heterocycles. The van der Waals surface area contributed by atoms with Crippen LogP contribution in [-0.4, -0.2) is 45.5 Å². The number of aliphatic imine (C=N–C) groups is 1. The Hall–Kier alpha value is -1.60. The second-order valence-corrected chi connectivity index (χ2v) is 8.76. The molecular weight excluding hydrogens is 336 g/mol. The number of sulfonamides is 1. The minimum atomic E-state index is -3.62. The number of hydrogen-bond donors (Lipinski definition) is 2. The van der Waals surface area contributed by atoms with Crippen molar-refractivity contribution in [3.05, 3.63) is 29.8 Å². The minimum Gasteiger partial charge on any atom is -0.357 e. The van der Waals surface area contributed by atoms with Crippen LogP contribution in [0.3, 0.4) is 0 Å². The first kappa shape index (κ1) is 18.2. The van der Waals surface area contributed by atoms with Crippen molar-refractivity contribution in [2.75, 3.05) is 26.2 Å². The molecule has 1 heterocycles. The Morgan fingerprint density at radius 2 is 2.00 bits per heavy atom. The van der Waals surface area contributed by atoms with Gasteiger partial charge in [-0.05, 0) is 55.7 Å². The van der Waals surface area contributed by atoms with E-state index in [0.29, 0.717) is 12.0 Å². The zero-order chi connectivity index (χ0) is 17.9. The predicted molar refractivity (Wildman–Crippen MR) is 100.0 cm³/mol. The first-order valence-corrected chi connectivity index (χ1v) is 10.6. The fraction of sp³-hybridized carbons (Fsp3) is 0.611. The lowest BCUT2D eigenvalue weighted by Crippen LogP contribution is -2.42. The van der Waals surface area contributed by atoms with Crippen LogP contribution in [-0.2, 0) is 16.4 Å². The molecule has 1 aromatic carbocycles. The van der Waals surface area contributed by atoms with Crippen LogP contribution in [0.2, 0.25) is 0 Å². The zero-order valence-electron chi connectivity index (χ0n) is 14.9. The van der Waals surface area contributed by atoms with Gasteiger partial charge in [0.25, 0.3) is 0 Å². The molecule has 138 valence electrons. The van der Waals surface area contributed by atoms with Crippen LogP contribution in [0.1, 0.15) is 38.2 Å². The fourth-order valence-corrected chi connectivity index (χ4v) is 4.28. The van der Waals surface area contributed by atoms with Crippen molar-refractivity contribution >= 4 is 16.0 Å². The third kappa shape index (κ3) is 4.33. The Kier molecular flexibility index (Phi) is 5.34. The Labute approximate surface area is 150 Å². The molecule has 7 heteroatoms. The van der Waals surface area contributed by atoms with Crippen LogP contribution < -0.4 is 10.5 Å².